The number of sulfonamides is 1. The summed E-state index contributed by atoms with van der Waals surface area (Å²) in [5.41, 5.74) is 1.28. The van der Waals surface area contributed by atoms with Crippen molar-refractivity contribution >= 4 is 15.7 Å². The maximum absolute atomic E-state index is 12.6. The van der Waals surface area contributed by atoms with Gasteiger partial charge in [0.2, 0.25) is 10.0 Å². The largest absolute Gasteiger partial charge is 0.368 e. The molecule has 1 aromatic carbocycles. The van der Waals surface area contributed by atoms with Gasteiger partial charge in [-0.25, -0.2) is 13.4 Å². The van der Waals surface area contributed by atoms with Crippen molar-refractivity contribution in [1.82, 2.24) is 9.29 Å². The van der Waals surface area contributed by atoms with Crippen LogP contribution in [0.2, 0.25) is 0 Å². The standard InChI is InChI=1S/C16H16N4O2S/c17-12-14-6-7-15(13-18-14)19-8-10-20(11-9-19)23(21,22)16-4-2-1-3-5-16/h1-7,13H,8-11H2. The van der Waals surface area contributed by atoms with E-state index in [9.17, 15) is 8.42 Å². The molecule has 0 N–H and O–H groups in total. The van der Waals surface area contributed by atoms with Crippen LogP contribution < -0.4 is 4.90 Å². The van der Waals surface area contributed by atoms with Gasteiger partial charge < -0.3 is 4.90 Å². The minimum absolute atomic E-state index is 0.327. The summed E-state index contributed by atoms with van der Waals surface area (Å²) in [4.78, 5) is 6.45. The van der Waals surface area contributed by atoms with Crippen molar-refractivity contribution in [2.45, 2.75) is 4.90 Å². The van der Waals surface area contributed by atoms with Gasteiger partial charge in [0.25, 0.3) is 0 Å². The first-order valence-electron chi connectivity index (χ1n) is 7.27. The normalized spacial score (nSPS) is 16.0. The second-order valence-corrected chi connectivity index (χ2v) is 7.16. The molecule has 0 saturated carbocycles. The molecule has 7 heteroatoms. The molecule has 1 aliphatic heterocycles. The molecule has 0 atom stereocenters. The Hall–Kier alpha value is -2.43. The lowest BCUT2D eigenvalue weighted by Crippen LogP contribution is -2.48. The second kappa shape index (κ2) is 6.36. The zero-order valence-electron chi connectivity index (χ0n) is 12.5. The number of hydrogen-bond donors (Lipinski definition) is 0. The number of pyridine rings is 1. The van der Waals surface area contributed by atoms with E-state index in [1.807, 2.05) is 12.1 Å². The average Bonchev–Trinajstić information content (AvgIpc) is 2.63. The van der Waals surface area contributed by atoms with E-state index < -0.39 is 10.0 Å². The van der Waals surface area contributed by atoms with E-state index in [0.717, 1.165) is 5.69 Å². The van der Waals surface area contributed by atoms with Crippen LogP contribution >= 0.6 is 0 Å². The molecule has 23 heavy (non-hydrogen) atoms. The molecule has 0 spiro atoms. The van der Waals surface area contributed by atoms with Crippen LogP contribution in [0.3, 0.4) is 0 Å². The highest BCUT2D eigenvalue weighted by atomic mass is 32.2. The van der Waals surface area contributed by atoms with Gasteiger partial charge in [0.1, 0.15) is 11.8 Å². The molecule has 0 aliphatic carbocycles. The minimum Gasteiger partial charge on any atom is -0.368 e. The predicted molar refractivity (Wildman–Crippen MR) is 86.4 cm³/mol. The van der Waals surface area contributed by atoms with E-state index in [4.69, 9.17) is 5.26 Å². The number of hydrogen-bond acceptors (Lipinski definition) is 5. The second-order valence-electron chi connectivity index (χ2n) is 5.22. The summed E-state index contributed by atoms with van der Waals surface area (Å²) >= 11 is 0. The number of nitrogens with zero attached hydrogens (tertiary/aromatic N) is 4. The number of aromatic nitrogens is 1. The van der Waals surface area contributed by atoms with Gasteiger partial charge in [0.05, 0.1) is 16.8 Å². The summed E-state index contributed by atoms with van der Waals surface area (Å²) in [5, 5.41) is 8.77. The molecule has 1 saturated heterocycles. The van der Waals surface area contributed by atoms with Crippen LogP contribution in [-0.2, 0) is 10.0 Å². The van der Waals surface area contributed by atoms with E-state index >= 15 is 0 Å². The number of rotatable bonds is 3. The molecular formula is C16H16N4O2S. The monoisotopic (exact) mass is 328 g/mol. The molecule has 2 aromatic rings. The molecule has 1 aliphatic rings. The van der Waals surface area contributed by atoms with Crippen molar-refractivity contribution in [2.75, 3.05) is 31.1 Å². The first-order chi connectivity index (χ1) is 11.1. The Kier molecular flexibility index (Phi) is 4.28. The zero-order valence-corrected chi connectivity index (χ0v) is 13.3. The van der Waals surface area contributed by atoms with E-state index in [1.165, 1.54) is 4.31 Å². The third-order valence-corrected chi connectivity index (χ3v) is 5.76. The molecule has 6 nitrogen and oxygen atoms in total. The molecule has 3 rings (SSSR count). The van der Waals surface area contributed by atoms with E-state index in [2.05, 4.69) is 9.88 Å². The lowest BCUT2D eigenvalue weighted by molar-refractivity contribution is 0.385. The summed E-state index contributed by atoms with van der Waals surface area (Å²) in [6.45, 7) is 2.05. The zero-order chi connectivity index (χ0) is 16.3. The highest BCUT2D eigenvalue weighted by molar-refractivity contribution is 7.89. The van der Waals surface area contributed by atoms with Crippen LogP contribution in [0.4, 0.5) is 5.69 Å². The fraction of sp³-hybridized carbons (Fsp3) is 0.250. The molecular weight excluding hydrogens is 312 g/mol. The Morgan fingerprint density at radius 1 is 1.00 bits per heavy atom. The van der Waals surface area contributed by atoms with Crippen LogP contribution in [0.1, 0.15) is 5.69 Å². The third kappa shape index (κ3) is 3.18. The lowest BCUT2D eigenvalue weighted by atomic mass is 10.3. The molecule has 2 heterocycles. The molecule has 118 valence electrons. The Morgan fingerprint density at radius 3 is 2.26 bits per heavy atom. The smallest absolute Gasteiger partial charge is 0.243 e. The summed E-state index contributed by atoms with van der Waals surface area (Å²) in [5.74, 6) is 0. The Bertz CT molecular complexity index is 805. The summed E-state index contributed by atoms with van der Waals surface area (Å²) in [7, 11) is -3.43. The van der Waals surface area contributed by atoms with Crippen molar-refractivity contribution in [3.63, 3.8) is 0 Å². The SMILES string of the molecule is N#Cc1ccc(N2CCN(S(=O)(=O)c3ccccc3)CC2)cn1. The molecule has 1 fully saturated rings. The fourth-order valence-electron chi connectivity index (χ4n) is 2.57. The van der Waals surface area contributed by atoms with E-state index in [-0.39, 0.29) is 0 Å². The number of piperazine rings is 1. The van der Waals surface area contributed by atoms with Gasteiger partial charge in [-0.05, 0) is 24.3 Å². The Labute approximate surface area is 135 Å². The molecule has 0 radical (unpaired) electrons. The van der Waals surface area contributed by atoms with Crippen molar-refractivity contribution in [3.05, 3.63) is 54.4 Å². The van der Waals surface area contributed by atoms with Gasteiger partial charge in [0, 0.05) is 26.2 Å². The van der Waals surface area contributed by atoms with Gasteiger partial charge in [-0.3, -0.25) is 0 Å². The summed E-state index contributed by atoms with van der Waals surface area (Å²) < 4.78 is 26.7. The topological polar surface area (TPSA) is 77.3 Å². The fourth-order valence-corrected chi connectivity index (χ4v) is 4.01. The molecule has 1 aromatic heterocycles. The van der Waals surface area contributed by atoms with Gasteiger partial charge >= 0.3 is 0 Å². The van der Waals surface area contributed by atoms with Crippen LogP contribution in [0.25, 0.3) is 0 Å². The van der Waals surface area contributed by atoms with E-state index in [0.29, 0.717) is 36.8 Å². The number of anilines is 1. The lowest BCUT2D eigenvalue weighted by Gasteiger charge is -2.35. The van der Waals surface area contributed by atoms with Crippen LogP contribution in [0.5, 0.6) is 0 Å². The van der Waals surface area contributed by atoms with Crippen molar-refractivity contribution in [3.8, 4) is 6.07 Å². The molecule has 0 bridgehead atoms. The first kappa shape index (κ1) is 15.5. The first-order valence-corrected chi connectivity index (χ1v) is 8.71. The highest BCUT2D eigenvalue weighted by Crippen LogP contribution is 2.20. The summed E-state index contributed by atoms with van der Waals surface area (Å²) in [6, 6.07) is 14.0. The van der Waals surface area contributed by atoms with Crippen molar-refractivity contribution < 1.29 is 8.42 Å². The third-order valence-electron chi connectivity index (χ3n) is 3.85. The number of benzene rings is 1. The van der Waals surface area contributed by atoms with Crippen LogP contribution in [0.15, 0.2) is 53.6 Å². The number of nitriles is 1. The maximum atomic E-state index is 12.6. The predicted octanol–water partition coefficient (Wildman–Crippen LogP) is 1.46. The molecule has 0 amide bonds. The van der Waals surface area contributed by atoms with Gasteiger partial charge in [-0.2, -0.15) is 9.57 Å². The minimum atomic E-state index is -3.43. The van der Waals surface area contributed by atoms with Crippen LogP contribution in [-0.4, -0.2) is 43.9 Å². The summed E-state index contributed by atoms with van der Waals surface area (Å²) in [6.07, 6.45) is 1.65. The highest BCUT2D eigenvalue weighted by Gasteiger charge is 2.28. The van der Waals surface area contributed by atoms with Crippen molar-refractivity contribution in [2.24, 2.45) is 0 Å². The average molecular weight is 328 g/mol. The molecule has 0 unspecified atom stereocenters. The van der Waals surface area contributed by atoms with Gasteiger partial charge in [-0.15, -0.1) is 0 Å². The maximum Gasteiger partial charge on any atom is 0.243 e. The Balaban J connectivity index is 1.70. The van der Waals surface area contributed by atoms with Gasteiger partial charge in [0.15, 0.2) is 0 Å². The van der Waals surface area contributed by atoms with Crippen LogP contribution in [0, 0.1) is 11.3 Å². The van der Waals surface area contributed by atoms with E-state index in [1.54, 1.807) is 42.6 Å². The quantitative estimate of drug-likeness (QED) is 0.852. The van der Waals surface area contributed by atoms with Crippen molar-refractivity contribution in [1.29, 1.82) is 5.26 Å². The Morgan fingerprint density at radius 2 is 1.70 bits per heavy atom. The van der Waals surface area contributed by atoms with Gasteiger partial charge in [-0.1, -0.05) is 18.2 Å².